The van der Waals surface area contributed by atoms with Crippen LogP contribution in [0, 0.1) is 22.0 Å². The predicted molar refractivity (Wildman–Crippen MR) is 102 cm³/mol. The molecule has 1 spiro atoms. The van der Waals surface area contributed by atoms with Gasteiger partial charge in [-0.1, -0.05) is 13.8 Å². The average molecular weight is 403 g/mol. The highest BCUT2D eigenvalue weighted by atomic mass is 16.6. The molecule has 3 aliphatic heterocycles. The first-order chi connectivity index (χ1) is 13.8. The summed E-state index contributed by atoms with van der Waals surface area (Å²) in [4.78, 5) is 39.1. The maximum Gasteiger partial charge on any atom is 0.415 e. The van der Waals surface area contributed by atoms with Gasteiger partial charge in [0.05, 0.1) is 17.6 Å². The van der Waals surface area contributed by atoms with Crippen molar-refractivity contribution < 1.29 is 24.0 Å². The van der Waals surface area contributed by atoms with Crippen molar-refractivity contribution in [1.29, 1.82) is 0 Å². The monoisotopic (exact) mass is 403 g/mol. The molecule has 1 aromatic rings. The van der Waals surface area contributed by atoms with Crippen LogP contribution in [0.3, 0.4) is 0 Å². The molecule has 0 radical (unpaired) electrons. The van der Waals surface area contributed by atoms with Gasteiger partial charge in [0.15, 0.2) is 0 Å². The van der Waals surface area contributed by atoms with Gasteiger partial charge in [0.2, 0.25) is 5.91 Å². The van der Waals surface area contributed by atoms with E-state index in [0.29, 0.717) is 44.9 Å². The van der Waals surface area contributed by atoms with Crippen LogP contribution in [-0.4, -0.2) is 58.2 Å². The molecule has 9 nitrogen and oxygen atoms in total. The number of amides is 2. The Morgan fingerprint density at radius 1 is 1.34 bits per heavy atom. The number of carbonyl (C=O) groups excluding carboxylic acids is 2. The Bertz CT molecular complexity index is 826. The lowest BCUT2D eigenvalue weighted by Crippen LogP contribution is -2.65. The Hall–Kier alpha value is -2.68. The highest BCUT2D eigenvalue weighted by Crippen LogP contribution is 2.47. The van der Waals surface area contributed by atoms with E-state index in [9.17, 15) is 19.7 Å². The van der Waals surface area contributed by atoms with Crippen LogP contribution in [0.1, 0.15) is 33.1 Å². The normalized spacial score (nSPS) is 28.9. The van der Waals surface area contributed by atoms with Crippen molar-refractivity contribution in [2.24, 2.45) is 11.8 Å². The predicted octanol–water partition coefficient (Wildman–Crippen LogP) is 2.79. The van der Waals surface area contributed by atoms with Gasteiger partial charge in [0, 0.05) is 44.0 Å². The molecule has 0 N–H and O–H groups in total. The van der Waals surface area contributed by atoms with Gasteiger partial charge >= 0.3 is 6.09 Å². The topological polar surface area (TPSA) is 102 Å². The Morgan fingerprint density at radius 2 is 2.07 bits per heavy atom. The minimum absolute atomic E-state index is 0.0436. The third kappa shape index (κ3) is 3.33. The molecule has 2 amide bonds. The number of carbonyl (C=O) groups is 2. The number of piperidine rings is 2. The molecule has 3 saturated heterocycles. The fourth-order valence-electron chi connectivity index (χ4n) is 4.75. The highest BCUT2D eigenvalue weighted by Gasteiger charge is 2.59. The molecule has 9 heteroatoms. The summed E-state index contributed by atoms with van der Waals surface area (Å²) in [7, 11) is 0. The summed E-state index contributed by atoms with van der Waals surface area (Å²) in [5.74, 6) is 0.752. The lowest BCUT2D eigenvalue weighted by Gasteiger charge is -2.52. The van der Waals surface area contributed by atoms with E-state index in [1.807, 2.05) is 4.90 Å². The lowest BCUT2D eigenvalue weighted by molar-refractivity contribution is -0.384. The number of nitro groups is 1. The Kier molecular flexibility index (Phi) is 4.94. The van der Waals surface area contributed by atoms with Crippen molar-refractivity contribution in [3.8, 4) is 5.75 Å². The summed E-state index contributed by atoms with van der Waals surface area (Å²) in [5.41, 5.74) is -0.677. The van der Waals surface area contributed by atoms with Crippen molar-refractivity contribution in [3.05, 3.63) is 34.4 Å². The molecule has 4 rings (SSSR count). The summed E-state index contributed by atoms with van der Waals surface area (Å²) in [5, 5.41) is 10.7. The molecular formula is C20H25N3O6. The van der Waals surface area contributed by atoms with Gasteiger partial charge in [-0.05, 0) is 24.5 Å². The molecule has 3 atom stereocenters. The van der Waals surface area contributed by atoms with Crippen LogP contribution in [0.25, 0.3) is 0 Å². The molecule has 3 fully saturated rings. The lowest BCUT2D eigenvalue weighted by atomic mass is 9.79. The van der Waals surface area contributed by atoms with E-state index in [4.69, 9.17) is 9.47 Å². The van der Waals surface area contributed by atoms with E-state index in [1.54, 1.807) is 4.90 Å². The maximum absolute atomic E-state index is 12.7. The van der Waals surface area contributed by atoms with E-state index in [0.717, 1.165) is 0 Å². The first-order valence-corrected chi connectivity index (χ1v) is 9.99. The second-order valence-corrected chi connectivity index (χ2v) is 8.28. The van der Waals surface area contributed by atoms with Gasteiger partial charge in [0.25, 0.3) is 5.69 Å². The molecule has 0 aliphatic carbocycles. The third-order valence-electron chi connectivity index (χ3n) is 6.32. The number of nitro benzene ring substituents is 1. The molecule has 3 aliphatic rings. The molecule has 29 heavy (non-hydrogen) atoms. The van der Waals surface area contributed by atoms with E-state index < -0.39 is 16.7 Å². The van der Waals surface area contributed by atoms with Gasteiger partial charge in [-0.2, -0.15) is 0 Å². The standard InChI is InChI=1S/C20H25N3O6/c1-13(2)17-12-28-20-9-10-21(11-14(20)3-8-18(24)22(17)20)19(25)29-16-6-4-15(5-7-16)23(26)27/h4-7,13-14,17H,3,8-12H2,1-2H3/t14-,17-,20?/m1/s1. The van der Waals surface area contributed by atoms with E-state index in [-0.39, 0.29) is 29.3 Å². The number of ether oxygens (including phenoxy) is 2. The molecule has 0 bridgehead atoms. The first kappa shape index (κ1) is 19.6. The van der Waals surface area contributed by atoms with Crippen LogP contribution in [-0.2, 0) is 9.53 Å². The Balaban J connectivity index is 1.45. The Labute approximate surface area is 168 Å². The minimum Gasteiger partial charge on any atom is -0.410 e. The quantitative estimate of drug-likeness (QED) is 0.568. The second kappa shape index (κ2) is 7.29. The highest BCUT2D eigenvalue weighted by molar-refractivity contribution is 5.79. The number of hydrogen-bond donors (Lipinski definition) is 0. The number of nitrogens with zero attached hydrogens (tertiary/aromatic N) is 3. The van der Waals surface area contributed by atoms with Gasteiger partial charge < -0.3 is 19.3 Å². The fraction of sp³-hybridized carbons (Fsp3) is 0.600. The van der Waals surface area contributed by atoms with Crippen molar-refractivity contribution in [2.45, 2.75) is 44.9 Å². The molecule has 156 valence electrons. The largest absolute Gasteiger partial charge is 0.415 e. The van der Waals surface area contributed by atoms with Crippen LogP contribution in [0.15, 0.2) is 24.3 Å². The van der Waals surface area contributed by atoms with Crippen LogP contribution < -0.4 is 4.74 Å². The van der Waals surface area contributed by atoms with Gasteiger partial charge in [-0.3, -0.25) is 14.9 Å². The zero-order chi connectivity index (χ0) is 20.8. The summed E-state index contributed by atoms with van der Waals surface area (Å²) < 4.78 is 11.6. The molecule has 0 saturated carbocycles. The van der Waals surface area contributed by atoms with Crippen molar-refractivity contribution >= 4 is 17.7 Å². The number of benzene rings is 1. The van der Waals surface area contributed by atoms with Crippen LogP contribution in [0.4, 0.5) is 10.5 Å². The summed E-state index contributed by atoms with van der Waals surface area (Å²) in [6.07, 6.45) is 1.21. The van der Waals surface area contributed by atoms with Gasteiger partial charge in [-0.15, -0.1) is 0 Å². The van der Waals surface area contributed by atoms with Crippen molar-refractivity contribution in [2.75, 3.05) is 19.7 Å². The first-order valence-electron chi connectivity index (χ1n) is 9.99. The van der Waals surface area contributed by atoms with E-state index in [1.165, 1.54) is 24.3 Å². The third-order valence-corrected chi connectivity index (χ3v) is 6.32. The van der Waals surface area contributed by atoms with Gasteiger partial charge in [-0.25, -0.2) is 4.79 Å². The molecule has 1 aromatic carbocycles. The number of likely N-dealkylation sites (tertiary alicyclic amines) is 1. The zero-order valence-corrected chi connectivity index (χ0v) is 16.6. The summed E-state index contributed by atoms with van der Waals surface area (Å²) >= 11 is 0. The fourth-order valence-corrected chi connectivity index (χ4v) is 4.75. The van der Waals surface area contributed by atoms with Crippen LogP contribution in [0.2, 0.25) is 0 Å². The Morgan fingerprint density at radius 3 is 2.72 bits per heavy atom. The van der Waals surface area contributed by atoms with Crippen LogP contribution in [0.5, 0.6) is 5.75 Å². The van der Waals surface area contributed by atoms with Crippen molar-refractivity contribution in [3.63, 3.8) is 0 Å². The van der Waals surface area contributed by atoms with E-state index >= 15 is 0 Å². The van der Waals surface area contributed by atoms with Gasteiger partial charge in [0.1, 0.15) is 11.5 Å². The SMILES string of the molecule is CC(C)[C@H]1COC23CCN(C(=O)Oc4ccc([N+](=O)[O-])cc4)C[C@H]2CCC(=O)N13. The second-order valence-electron chi connectivity index (χ2n) is 8.28. The smallest absolute Gasteiger partial charge is 0.410 e. The number of hydrogen-bond acceptors (Lipinski definition) is 6. The number of non-ortho nitro benzene ring substituents is 1. The van der Waals surface area contributed by atoms with Crippen molar-refractivity contribution in [1.82, 2.24) is 9.80 Å². The number of rotatable bonds is 3. The molecule has 1 unspecified atom stereocenters. The van der Waals surface area contributed by atoms with Crippen LogP contribution >= 0.6 is 0 Å². The molecule has 0 aromatic heterocycles. The average Bonchev–Trinajstić information content (AvgIpc) is 3.09. The molecular weight excluding hydrogens is 378 g/mol. The minimum atomic E-state index is -0.617. The molecule has 3 heterocycles. The maximum atomic E-state index is 12.7. The van der Waals surface area contributed by atoms with E-state index in [2.05, 4.69) is 13.8 Å². The zero-order valence-electron chi connectivity index (χ0n) is 16.6. The summed E-state index contributed by atoms with van der Waals surface area (Å²) in [6.45, 7) is 5.62. The summed E-state index contributed by atoms with van der Waals surface area (Å²) in [6, 6.07) is 5.50.